The first-order valence-corrected chi connectivity index (χ1v) is 13.1. The number of hydrogen-bond acceptors (Lipinski definition) is 4. The standard InChI is InChI=1S/C26H30FN3O2S/c1-33(31,32)30(19-22-5-4-14-28-17-22)20-24-6-2-3-7-26(24)23-12-15-29(16-13-23)18-21-8-10-25(27)11-9-21/h2-11,14,17,23H,12-13,15-16,18-20H2,1H3. The Bertz CT molecular complexity index is 1150. The van der Waals surface area contributed by atoms with Crippen LogP contribution in [-0.2, 0) is 29.7 Å². The molecule has 0 N–H and O–H groups in total. The minimum Gasteiger partial charge on any atom is -0.299 e. The number of hydrogen-bond donors (Lipinski definition) is 0. The summed E-state index contributed by atoms with van der Waals surface area (Å²) >= 11 is 0. The van der Waals surface area contributed by atoms with E-state index in [9.17, 15) is 12.8 Å². The van der Waals surface area contributed by atoms with Gasteiger partial charge >= 0.3 is 0 Å². The van der Waals surface area contributed by atoms with E-state index in [1.54, 1.807) is 12.4 Å². The molecular formula is C26H30FN3O2S. The predicted molar refractivity (Wildman–Crippen MR) is 128 cm³/mol. The number of halogens is 1. The monoisotopic (exact) mass is 467 g/mol. The molecule has 7 heteroatoms. The largest absolute Gasteiger partial charge is 0.299 e. The second kappa shape index (κ2) is 10.5. The molecule has 0 unspecified atom stereocenters. The molecule has 1 aliphatic heterocycles. The normalized spacial score (nSPS) is 15.7. The summed E-state index contributed by atoms with van der Waals surface area (Å²) in [5.74, 6) is 0.186. The van der Waals surface area contributed by atoms with Crippen LogP contribution in [0.25, 0.3) is 0 Å². The lowest BCUT2D eigenvalue weighted by Gasteiger charge is -2.33. The Hall–Kier alpha value is -2.61. The van der Waals surface area contributed by atoms with Gasteiger partial charge in [-0.15, -0.1) is 0 Å². The summed E-state index contributed by atoms with van der Waals surface area (Å²) < 4.78 is 39.8. The van der Waals surface area contributed by atoms with Crippen LogP contribution in [0.4, 0.5) is 4.39 Å². The van der Waals surface area contributed by atoms with Gasteiger partial charge in [0.05, 0.1) is 6.26 Å². The van der Waals surface area contributed by atoms with Crippen LogP contribution >= 0.6 is 0 Å². The summed E-state index contributed by atoms with van der Waals surface area (Å²) in [7, 11) is -3.38. The van der Waals surface area contributed by atoms with Gasteiger partial charge in [0.1, 0.15) is 5.82 Å². The van der Waals surface area contributed by atoms with E-state index in [-0.39, 0.29) is 5.82 Å². The summed E-state index contributed by atoms with van der Waals surface area (Å²) in [5.41, 5.74) is 4.28. The number of aromatic nitrogens is 1. The fourth-order valence-corrected chi connectivity index (χ4v) is 5.26. The van der Waals surface area contributed by atoms with Crippen molar-refractivity contribution in [2.24, 2.45) is 0 Å². The summed E-state index contributed by atoms with van der Waals surface area (Å²) in [6.07, 6.45) is 6.69. The summed E-state index contributed by atoms with van der Waals surface area (Å²) in [6, 6.07) is 18.6. The van der Waals surface area contributed by atoms with Crippen molar-refractivity contribution in [1.82, 2.24) is 14.2 Å². The molecule has 0 radical (unpaired) electrons. The molecule has 0 spiro atoms. The van der Waals surface area contributed by atoms with Crippen LogP contribution in [0.15, 0.2) is 73.1 Å². The molecule has 1 fully saturated rings. The summed E-state index contributed by atoms with van der Waals surface area (Å²) in [5, 5.41) is 0. The van der Waals surface area contributed by atoms with Crippen molar-refractivity contribution in [2.45, 2.75) is 38.4 Å². The summed E-state index contributed by atoms with van der Waals surface area (Å²) in [6.45, 7) is 3.39. The van der Waals surface area contributed by atoms with Crippen LogP contribution in [0.5, 0.6) is 0 Å². The second-order valence-electron chi connectivity index (χ2n) is 8.77. The molecule has 4 rings (SSSR count). The molecule has 0 bridgehead atoms. The average molecular weight is 468 g/mol. The molecule has 1 saturated heterocycles. The molecular weight excluding hydrogens is 437 g/mol. The zero-order valence-electron chi connectivity index (χ0n) is 18.9. The van der Waals surface area contributed by atoms with Crippen molar-refractivity contribution in [2.75, 3.05) is 19.3 Å². The van der Waals surface area contributed by atoms with Crippen molar-refractivity contribution in [3.63, 3.8) is 0 Å². The van der Waals surface area contributed by atoms with Crippen molar-refractivity contribution < 1.29 is 12.8 Å². The van der Waals surface area contributed by atoms with Gasteiger partial charge in [-0.3, -0.25) is 9.88 Å². The van der Waals surface area contributed by atoms with E-state index < -0.39 is 10.0 Å². The van der Waals surface area contributed by atoms with E-state index in [0.29, 0.717) is 19.0 Å². The smallest absolute Gasteiger partial charge is 0.211 e. The van der Waals surface area contributed by atoms with Crippen molar-refractivity contribution in [3.05, 3.63) is 101 Å². The van der Waals surface area contributed by atoms with Gasteiger partial charge in [-0.05, 0) is 72.3 Å². The van der Waals surface area contributed by atoms with Crippen molar-refractivity contribution in [1.29, 1.82) is 0 Å². The van der Waals surface area contributed by atoms with Gasteiger partial charge in [-0.1, -0.05) is 42.5 Å². The molecule has 0 saturated carbocycles. The fraction of sp³-hybridized carbons (Fsp3) is 0.346. The highest BCUT2D eigenvalue weighted by atomic mass is 32.2. The maximum Gasteiger partial charge on any atom is 0.211 e. The lowest BCUT2D eigenvalue weighted by molar-refractivity contribution is 0.204. The Morgan fingerprint density at radius 1 is 0.970 bits per heavy atom. The first-order valence-electron chi connectivity index (χ1n) is 11.3. The molecule has 0 amide bonds. The molecule has 0 aliphatic carbocycles. The Morgan fingerprint density at radius 2 is 1.70 bits per heavy atom. The molecule has 1 aliphatic rings. The molecule has 174 valence electrons. The van der Waals surface area contributed by atoms with E-state index in [4.69, 9.17) is 0 Å². The highest BCUT2D eigenvalue weighted by molar-refractivity contribution is 7.88. The topological polar surface area (TPSA) is 53.5 Å². The SMILES string of the molecule is CS(=O)(=O)N(Cc1cccnc1)Cc1ccccc1C1CCN(Cc2ccc(F)cc2)CC1. The average Bonchev–Trinajstić information content (AvgIpc) is 2.81. The minimum absolute atomic E-state index is 0.208. The first-order chi connectivity index (χ1) is 15.9. The van der Waals surface area contributed by atoms with Crippen LogP contribution in [0.2, 0.25) is 0 Å². The Morgan fingerprint density at radius 3 is 2.36 bits per heavy atom. The van der Waals surface area contributed by atoms with Gasteiger partial charge in [0.25, 0.3) is 0 Å². The lowest BCUT2D eigenvalue weighted by Crippen LogP contribution is -2.33. The molecule has 2 heterocycles. The molecule has 0 atom stereocenters. The number of nitrogens with zero attached hydrogens (tertiary/aromatic N) is 3. The highest BCUT2D eigenvalue weighted by Gasteiger charge is 2.25. The third kappa shape index (κ3) is 6.47. The molecule has 1 aromatic heterocycles. The van der Waals surface area contributed by atoms with E-state index in [2.05, 4.69) is 16.0 Å². The number of piperidine rings is 1. The molecule has 33 heavy (non-hydrogen) atoms. The number of rotatable bonds is 8. The molecule has 2 aromatic carbocycles. The first kappa shape index (κ1) is 23.5. The van der Waals surface area contributed by atoms with Gasteiger partial charge in [0.2, 0.25) is 10.0 Å². The lowest BCUT2D eigenvalue weighted by atomic mass is 9.86. The quantitative estimate of drug-likeness (QED) is 0.487. The van der Waals surface area contributed by atoms with Crippen LogP contribution < -0.4 is 0 Å². The number of likely N-dealkylation sites (tertiary alicyclic amines) is 1. The Kier molecular flexibility index (Phi) is 7.53. The maximum atomic E-state index is 13.2. The number of benzene rings is 2. The van der Waals surface area contributed by atoms with Gasteiger partial charge < -0.3 is 0 Å². The van der Waals surface area contributed by atoms with E-state index in [1.165, 1.54) is 28.3 Å². The van der Waals surface area contributed by atoms with Crippen molar-refractivity contribution >= 4 is 10.0 Å². The highest BCUT2D eigenvalue weighted by Crippen LogP contribution is 2.32. The third-order valence-electron chi connectivity index (χ3n) is 6.30. The number of pyridine rings is 1. The Balaban J connectivity index is 1.44. The van der Waals surface area contributed by atoms with E-state index >= 15 is 0 Å². The Labute approximate surface area is 195 Å². The summed E-state index contributed by atoms with van der Waals surface area (Å²) in [4.78, 5) is 6.51. The van der Waals surface area contributed by atoms with Crippen LogP contribution in [-0.4, -0.2) is 42.0 Å². The zero-order chi connectivity index (χ0) is 23.3. The van der Waals surface area contributed by atoms with E-state index in [0.717, 1.165) is 49.2 Å². The van der Waals surface area contributed by atoms with Gasteiger partial charge in [0, 0.05) is 32.0 Å². The predicted octanol–water partition coefficient (Wildman–Crippen LogP) is 4.56. The van der Waals surface area contributed by atoms with Gasteiger partial charge in [-0.2, -0.15) is 4.31 Å². The zero-order valence-corrected chi connectivity index (χ0v) is 19.7. The van der Waals surface area contributed by atoms with Gasteiger partial charge in [0.15, 0.2) is 0 Å². The maximum absolute atomic E-state index is 13.2. The van der Waals surface area contributed by atoms with Crippen molar-refractivity contribution in [3.8, 4) is 0 Å². The van der Waals surface area contributed by atoms with Crippen LogP contribution in [0.1, 0.15) is 41.0 Å². The van der Waals surface area contributed by atoms with Crippen LogP contribution in [0, 0.1) is 5.82 Å². The number of sulfonamides is 1. The third-order valence-corrected chi connectivity index (χ3v) is 7.50. The van der Waals surface area contributed by atoms with E-state index in [1.807, 2.05) is 42.5 Å². The minimum atomic E-state index is -3.38. The van der Waals surface area contributed by atoms with Crippen LogP contribution in [0.3, 0.4) is 0 Å². The fourth-order valence-electron chi connectivity index (χ4n) is 4.50. The molecule has 5 nitrogen and oxygen atoms in total. The molecule has 3 aromatic rings. The van der Waals surface area contributed by atoms with Gasteiger partial charge in [-0.25, -0.2) is 12.8 Å². The second-order valence-corrected chi connectivity index (χ2v) is 10.8.